The van der Waals surface area contributed by atoms with Crippen molar-refractivity contribution in [2.75, 3.05) is 18.0 Å². The lowest BCUT2D eigenvalue weighted by atomic mass is 9.83. The summed E-state index contributed by atoms with van der Waals surface area (Å²) in [7, 11) is 0. The van der Waals surface area contributed by atoms with Gasteiger partial charge in [-0.2, -0.15) is 0 Å². The van der Waals surface area contributed by atoms with Crippen LogP contribution in [0.1, 0.15) is 65.7 Å². The third kappa shape index (κ3) is 4.55. The number of halogens is 1. The van der Waals surface area contributed by atoms with E-state index < -0.39 is 0 Å². The molecule has 0 bridgehead atoms. The van der Waals surface area contributed by atoms with E-state index in [4.69, 9.17) is 0 Å². The second-order valence-corrected chi connectivity index (χ2v) is 8.33. The second kappa shape index (κ2) is 8.53. The molecule has 1 heterocycles. The normalized spacial score (nSPS) is 26.1. The Morgan fingerprint density at radius 1 is 1.00 bits per heavy atom. The Bertz CT molecular complexity index is 511. The van der Waals surface area contributed by atoms with Crippen molar-refractivity contribution in [3.05, 3.63) is 30.1 Å². The predicted octanol–water partition coefficient (Wildman–Crippen LogP) is 5.47. The number of likely N-dealkylation sites (tertiary alicyclic amines) is 1. The van der Waals surface area contributed by atoms with Gasteiger partial charge in [0, 0.05) is 36.9 Å². The van der Waals surface area contributed by atoms with Crippen molar-refractivity contribution in [2.45, 2.75) is 83.8 Å². The van der Waals surface area contributed by atoms with Crippen molar-refractivity contribution >= 4 is 5.69 Å². The molecule has 2 fully saturated rings. The molecule has 2 nitrogen and oxygen atoms in total. The number of piperidine rings is 1. The van der Waals surface area contributed by atoms with Crippen LogP contribution in [0.3, 0.4) is 0 Å². The van der Waals surface area contributed by atoms with E-state index in [0.717, 1.165) is 12.0 Å². The van der Waals surface area contributed by atoms with E-state index in [1.807, 2.05) is 12.1 Å². The zero-order chi connectivity index (χ0) is 17.8. The molecule has 140 valence electrons. The van der Waals surface area contributed by atoms with Crippen LogP contribution in [0.25, 0.3) is 0 Å². The van der Waals surface area contributed by atoms with Crippen LogP contribution in [0.5, 0.6) is 0 Å². The van der Waals surface area contributed by atoms with Crippen LogP contribution in [0.2, 0.25) is 0 Å². The number of hydrogen-bond donors (Lipinski definition) is 0. The van der Waals surface area contributed by atoms with E-state index >= 15 is 0 Å². The fourth-order valence-corrected chi connectivity index (χ4v) is 4.99. The molecule has 1 aliphatic heterocycles. The maximum Gasteiger partial charge on any atom is 0.123 e. The summed E-state index contributed by atoms with van der Waals surface area (Å²) in [4.78, 5) is 5.26. The SMILES string of the molecule is CCC1CCC(N2CCC(N(c3ccc(F)cc3)C(C)C)CC2)CC1. The van der Waals surface area contributed by atoms with Crippen LogP contribution >= 0.6 is 0 Å². The van der Waals surface area contributed by atoms with Gasteiger partial charge in [0.05, 0.1) is 0 Å². The van der Waals surface area contributed by atoms with Gasteiger partial charge in [0.1, 0.15) is 5.82 Å². The van der Waals surface area contributed by atoms with Crippen molar-refractivity contribution in [3.63, 3.8) is 0 Å². The molecule has 0 unspecified atom stereocenters. The van der Waals surface area contributed by atoms with Crippen LogP contribution in [0, 0.1) is 11.7 Å². The van der Waals surface area contributed by atoms with Gasteiger partial charge < -0.3 is 9.80 Å². The minimum Gasteiger partial charge on any atom is -0.366 e. The van der Waals surface area contributed by atoms with Crippen LogP contribution in [-0.4, -0.2) is 36.1 Å². The molecule has 1 aromatic carbocycles. The largest absolute Gasteiger partial charge is 0.366 e. The first-order chi connectivity index (χ1) is 12.1. The second-order valence-electron chi connectivity index (χ2n) is 8.33. The summed E-state index contributed by atoms with van der Waals surface area (Å²) < 4.78 is 13.3. The van der Waals surface area contributed by atoms with Gasteiger partial charge >= 0.3 is 0 Å². The number of nitrogens with zero attached hydrogens (tertiary/aromatic N) is 2. The van der Waals surface area contributed by atoms with Crippen molar-refractivity contribution in [3.8, 4) is 0 Å². The van der Waals surface area contributed by atoms with Gasteiger partial charge in [-0.15, -0.1) is 0 Å². The van der Waals surface area contributed by atoms with Crippen molar-refractivity contribution in [1.29, 1.82) is 0 Å². The molecule has 1 aromatic rings. The first kappa shape index (κ1) is 18.7. The zero-order valence-electron chi connectivity index (χ0n) is 16.3. The molecular weight excluding hydrogens is 311 g/mol. The molecular formula is C22H35FN2. The Hall–Kier alpha value is -1.09. The fourth-order valence-electron chi connectivity index (χ4n) is 4.99. The standard InChI is InChI=1S/C22H35FN2/c1-4-18-5-9-20(10-6-18)24-15-13-22(14-16-24)25(17(2)3)21-11-7-19(23)8-12-21/h7-8,11-12,17-18,20,22H,4-6,9-10,13-16H2,1-3H3. The maximum absolute atomic E-state index is 13.3. The monoisotopic (exact) mass is 346 g/mol. The van der Waals surface area contributed by atoms with E-state index in [0.29, 0.717) is 12.1 Å². The number of benzene rings is 1. The fraction of sp³-hybridized carbons (Fsp3) is 0.727. The first-order valence-electron chi connectivity index (χ1n) is 10.4. The molecule has 0 N–H and O–H groups in total. The molecule has 1 saturated heterocycles. The van der Waals surface area contributed by atoms with Crippen LogP contribution in [0.15, 0.2) is 24.3 Å². The summed E-state index contributed by atoms with van der Waals surface area (Å²) in [5, 5.41) is 0. The molecule has 0 amide bonds. The van der Waals surface area contributed by atoms with Crippen molar-refractivity contribution in [2.24, 2.45) is 5.92 Å². The molecule has 1 saturated carbocycles. The molecule has 0 spiro atoms. The smallest absolute Gasteiger partial charge is 0.123 e. The molecule has 0 aromatic heterocycles. The van der Waals surface area contributed by atoms with E-state index in [2.05, 4.69) is 30.6 Å². The topological polar surface area (TPSA) is 6.48 Å². The highest BCUT2D eigenvalue weighted by Gasteiger charge is 2.31. The Labute approximate surface area is 153 Å². The van der Waals surface area contributed by atoms with E-state index in [1.165, 1.54) is 63.7 Å². The molecule has 2 aliphatic rings. The lowest BCUT2D eigenvalue weighted by molar-refractivity contribution is 0.105. The number of anilines is 1. The van der Waals surface area contributed by atoms with Gasteiger partial charge in [0.25, 0.3) is 0 Å². The summed E-state index contributed by atoms with van der Waals surface area (Å²) in [6, 6.07) is 8.90. The molecule has 0 radical (unpaired) electrons. The molecule has 3 heteroatoms. The van der Waals surface area contributed by atoms with Gasteiger partial charge in [0.2, 0.25) is 0 Å². The number of hydrogen-bond acceptors (Lipinski definition) is 2. The lowest BCUT2D eigenvalue weighted by Gasteiger charge is -2.45. The third-order valence-corrected chi connectivity index (χ3v) is 6.48. The van der Waals surface area contributed by atoms with Gasteiger partial charge in [-0.3, -0.25) is 0 Å². The Morgan fingerprint density at radius 3 is 2.12 bits per heavy atom. The van der Waals surface area contributed by atoms with Crippen LogP contribution in [0.4, 0.5) is 10.1 Å². The van der Waals surface area contributed by atoms with E-state index in [1.54, 1.807) is 12.1 Å². The minimum atomic E-state index is -0.148. The summed E-state index contributed by atoms with van der Waals surface area (Å²) in [5.74, 6) is 0.827. The molecule has 3 rings (SSSR count). The molecule has 1 aliphatic carbocycles. The first-order valence-corrected chi connectivity index (χ1v) is 10.4. The average molecular weight is 347 g/mol. The van der Waals surface area contributed by atoms with Gasteiger partial charge in [-0.1, -0.05) is 13.3 Å². The minimum absolute atomic E-state index is 0.148. The predicted molar refractivity (Wildman–Crippen MR) is 105 cm³/mol. The molecule has 0 atom stereocenters. The highest BCUT2D eigenvalue weighted by molar-refractivity contribution is 5.48. The van der Waals surface area contributed by atoms with Gasteiger partial charge in [-0.05, 0) is 82.6 Å². The van der Waals surface area contributed by atoms with E-state index in [-0.39, 0.29) is 5.82 Å². The van der Waals surface area contributed by atoms with Crippen LogP contribution < -0.4 is 4.90 Å². The van der Waals surface area contributed by atoms with Gasteiger partial charge in [0.15, 0.2) is 0 Å². The summed E-state index contributed by atoms with van der Waals surface area (Å²) in [6.45, 7) is 9.28. The highest BCUT2D eigenvalue weighted by atomic mass is 19.1. The van der Waals surface area contributed by atoms with Crippen molar-refractivity contribution < 1.29 is 4.39 Å². The van der Waals surface area contributed by atoms with Crippen LogP contribution in [-0.2, 0) is 0 Å². The Kier molecular flexibility index (Phi) is 6.38. The lowest BCUT2D eigenvalue weighted by Crippen LogP contribution is -2.50. The number of rotatable bonds is 5. The van der Waals surface area contributed by atoms with Gasteiger partial charge in [-0.25, -0.2) is 4.39 Å². The Balaban J connectivity index is 1.57. The maximum atomic E-state index is 13.3. The van der Waals surface area contributed by atoms with E-state index in [9.17, 15) is 4.39 Å². The average Bonchev–Trinajstić information content (AvgIpc) is 2.64. The summed E-state index contributed by atoms with van der Waals surface area (Å²) >= 11 is 0. The summed E-state index contributed by atoms with van der Waals surface area (Å²) in [5.41, 5.74) is 1.17. The molecule has 25 heavy (non-hydrogen) atoms. The third-order valence-electron chi connectivity index (χ3n) is 6.48. The summed E-state index contributed by atoms with van der Waals surface area (Å²) in [6.07, 6.45) is 9.45. The zero-order valence-corrected chi connectivity index (χ0v) is 16.3. The Morgan fingerprint density at radius 2 is 1.60 bits per heavy atom. The quantitative estimate of drug-likeness (QED) is 0.697. The van der Waals surface area contributed by atoms with Crippen molar-refractivity contribution in [1.82, 2.24) is 4.90 Å². The highest BCUT2D eigenvalue weighted by Crippen LogP contribution is 2.32.